The van der Waals surface area contributed by atoms with Crippen LogP contribution in [0.15, 0.2) is 89.4 Å². The van der Waals surface area contributed by atoms with Crippen LogP contribution in [0.3, 0.4) is 0 Å². The average molecular weight is 457 g/mol. The zero-order chi connectivity index (χ0) is 23.9. The Hall–Kier alpha value is -3.32. The molecule has 7 rings (SSSR count). The van der Waals surface area contributed by atoms with E-state index in [0.29, 0.717) is 11.3 Å². The summed E-state index contributed by atoms with van der Waals surface area (Å²) in [6.07, 6.45) is 7.54. The first-order valence-electron chi connectivity index (χ1n) is 13.0. The van der Waals surface area contributed by atoms with Gasteiger partial charge in [-0.25, -0.2) is 0 Å². The Balaban J connectivity index is 1.53. The summed E-state index contributed by atoms with van der Waals surface area (Å²) in [6, 6.07) is 26.8. The van der Waals surface area contributed by atoms with Crippen LogP contribution in [0, 0.1) is 38.0 Å². The van der Waals surface area contributed by atoms with Crippen molar-refractivity contribution in [3.8, 4) is 33.6 Å². The minimum absolute atomic E-state index is 0.0310. The topological polar surface area (TPSA) is 13.1 Å². The zero-order valence-electron chi connectivity index (χ0n) is 21.1. The van der Waals surface area contributed by atoms with Gasteiger partial charge in [-0.15, -0.1) is 0 Å². The molecule has 2 fully saturated rings. The summed E-state index contributed by atoms with van der Waals surface area (Å²) in [6.45, 7) is 8.88. The van der Waals surface area contributed by atoms with Gasteiger partial charge in [0.1, 0.15) is 11.5 Å². The number of fused-ring (bicyclic) bond motifs is 3. The second kappa shape index (κ2) is 7.10. The highest BCUT2D eigenvalue weighted by atomic mass is 16.3. The third-order valence-corrected chi connectivity index (χ3v) is 8.98. The van der Waals surface area contributed by atoms with Gasteiger partial charge in [-0.1, -0.05) is 109 Å². The van der Waals surface area contributed by atoms with Crippen molar-refractivity contribution < 1.29 is 4.42 Å². The maximum absolute atomic E-state index is 7.07. The Morgan fingerprint density at radius 3 is 1.69 bits per heavy atom. The van der Waals surface area contributed by atoms with Gasteiger partial charge in [-0.05, 0) is 62.0 Å². The Labute approximate surface area is 208 Å². The van der Waals surface area contributed by atoms with Crippen LogP contribution in [0.4, 0.5) is 0 Å². The largest absolute Gasteiger partial charge is 0.459 e. The van der Waals surface area contributed by atoms with Crippen molar-refractivity contribution in [2.75, 3.05) is 0 Å². The summed E-state index contributed by atoms with van der Waals surface area (Å²) in [7, 11) is 0. The molecule has 0 saturated heterocycles. The van der Waals surface area contributed by atoms with E-state index >= 15 is 0 Å². The summed E-state index contributed by atoms with van der Waals surface area (Å²) in [5.74, 6) is 3.67. The van der Waals surface area contributed by atoms with Crippen LogP contribution in [-0.4, -0.2) is 0 Å². The fourth-order valence-electron chi connectivity index (χ4n) is 6.54. The van der Waals surface area contributed by atoms with Crippen LogP contribution in [-0.2, 0) is 5.41 Å². The van der Waals surface area contributed by atoms with Gasteiger partial charge in [-0.3, -0.25) is 0 Å². The highest BCUT2D eigenvalue weighted by Crippen LogP contribution is 2.76. The van der Waals surface area contributed by atoms with E-state index in [-0.39, 0.29) is 5.41 Å². The molecule has 3 aromatic carbocycles. The molecule has 2 saturated carbocycles. The monoisotopic (exact) mass is 456 g/mol. The Morgan fingerprint density at radius 1 is 0.600 bits per heavy atom. The third kappa shape index (κ3) is 3.14. The molecule has 0 N–H and O–H groups in total. The maximum atomic E-state index is 7.07. The predicted octanol–water partition coefficient (Wildman–Crippen LogP) is 9.06. The molecule has 1 heterocycles. The van der Waals surface area contributed by atoms with E-state index in [1.807, 2.05) is 0 Å². The maximum Gasteiger partial charge on any atom is 0.142 e. The molecule has 0 bridgehead atoms. The first-order valence-corrected chi connectivity index (χ1v) is 13.0. The van der Waals surface area contributed by atoms with Crippen molar-refractivity contribution in [1.29, 1.82) is 0 Å². The SMILES string of the molecule is Cc1ccc(-c2oc(C34C=CC5(C)CC5C3C4)c(-c3ccc(C)cc3)c2-c2ccc(C)cc2)cc1. The highest BCUT2D eigenvalue weighted by Gasteiger charge is 2.71. The number of hydrogen-bond acceptors (Lipinski definition) is 1. The van der Waals surface area contributed by atoms with Crippen LogP contribution in [0.2, 0.25) is 0 Å². The van der Waals surface area contributed by atoms with Crippen molar-refractivity contribution in [3.63, 3.8) is 0 Å². The van der Waals surface area contributed by atoms with Gasteiger partial charge >= 0.3 is 0 Å². The van der Waals surface area contributed by atoms with Crippen LogP contribution >= 0.6 is 0 Å². The molecule has 1 nitrogen and oxygen atoms in total. The summed E-state index contributed by atoms with van der Waals surface area (Å²) >= 11 is 0. The van der Waals surface area contributed by atoms with Gasteiger partial charge in [0.2, 0.25) is 0 Å². The molecule has 4 atom stereocenters. The second-order valence-electron chi connectivity index (χ2n) is 11.6. The molecular formula is C34H32O. The minimum Gasteiger partial charge on any atom is -0.459 e. The molecule has 0 aliphatic heterocycles. The number of rotatable bonds is 4. The quantitative estimate of drug-likeness (QED) is 0.279. The molecule has 0 amide bonds. The lowest BCUT2D eigenvalue weighted by Crippen LogP contribution is -2.14. The molecule has 0 spiro atoms. The molecule has 4 aromatic rings. The minimum atomic E-state index is 0.0310. The molecule has 1 heteroatoms. The predicted molar refractivity (Wildman–Crippen MR) is 144 cm³/mol. The first kappa shape index (κ1) is 21.0. The van der Waals surface area contributed by atoms with Gasteiger partial charge in [-0.2, -0.15) is 0 Å². The van der Waals surface area contributed by atoms with Crippen molar-refractivity contribution in [3.05, 3.63) is 107 Å². The molecule has 0 radical (unpaired) electrons. The first-order chi connectivity index (χ1) is 16.9. The Kier molecular flexibility index (Phi) is 4.26. The number of aryl methyl sites for hydroxylation is 3. The lowest BCUT2D eigenvalue weighted by atomic mass is 9.83. The average Bonchev–Trinajstić information content (AvgIpc) is 3.72. The molecule has 35 heavy (non-hydrogen) atoms. The molecule has 3 aliphatic carbocycles. The van der Waals surface area contributed by atoms with Crippen molar-refractivity contribution in [1.82, 2.24) is 0 Å². The lowest BCUT2D eigenvalue weighted by Gasteiger charge is -2.20. The zero-order valence-corrected chi connectivity index (χ0v) is 21.1. The summed E-state index contributed by atoms with van der Waals surface area (Å²) in [4.78, 5) is 0. The van der Waals surface area contributed by atoms with Gasteiger partial charge in [0.05, 0.1) is 5.41 Å². The molecular weight excluding hydrogens is 424 g/mol. The van der Waals surface area contributed by atoms with Crippen molar-refractivity contribution in [2.24, 2.45) is 17.3 Å². The standard InChI is InChI=1S/C34H32O/c1-21-5-11-24(12-6-21)29-30(25-13-7-22(2)8-14-25)32(35-31(29)26-15-9-23(3)10-16-26)34-18-17-33(4)19-27(33)28(34)20-34/h5-18,27-28H,19-20H2,1-4H3. The second-order valence-corrected chi connectivity index (χ2v) is 11.6. The molecule has 174 valence electrons. The van der Waals surface area contributed by atoms with Crippen LogP contribution in [0.5, 0.6) is 0 Å². The lowest BCUT2D eigenvalue weighted by molar-refractivity contribution is 0.439. The van der Waals surface area contributed by atoms with E-state index in [1.54, 1.807) is 0 Å². The van der Waals surface area contributed by atoms with E-state index in [4.69, 9.17) is 4.42 Å². The summed E-state index contributed by atoms with van der Waals surface area (Å²) in [5.41, 5.74) is 10.4. The van der Waals surface area contributed by atoms with Crippen LogP contribution in [0.1, 0.15) is 42.2 Å². The summed E-state index contributed by atoms with van der Waals surface area (Å²) < 4.78 is 7.07. The van der Waals surface area contributed by atoms with E-state index < -0.39 is 0 Å². The van der Waals surface area contributed by atoms with Crippen LogP contribution < -0.4 is 0 Å². The van der Waals surface area contributed by atoms with E-state index in [1.165, 1.54) is 57.5 Å². The normalized spacial score (nSPS) is 27.9. The summed E-state index contributed by atoms with van der Waals surface area (Å²) in [5, 5.41) is 0. The highest BCUT2D eigenvalue weighted by molar-refractivity contribution is 5.95. The Bertz CT molecular complexity index is 1470. The molecule has 4 unspecified atom stereocenters. The fraction of sp³-hybridized carbons (Fsp3) is 0.294. The van der Waals surface area contributed by atoms with Gasteiger partial charge < -0.3 is 4.42 Å². The number of benzene rings is 3. The van der Waals surface area contributed by atoms with Gasteiger partial charge in [0.15, 0.2) is 0 Å². The molecule has 3 aliphatic rings. The Morgan fingerprint density at radius 2 is 1.11 bits per heavy atom. The van der Waals surface area contributed by atoms with Gasteiger partial charge in [0, 0.05) is 16.7 Å². The van der Waals surface area contributed by atoms with Crippen molar-refractivity contribution in [2.45, 2.75) is 46.0 Å². The molecule has 1 aromatic heterocycles. The van der Waals surface area contributed by atoms with E-state index in [0.717, 1.165) is 17.2 Å². The van der Waals surface area contributed by atoms with E-state index in [2.05, 4.69) is 113 Å². The number of furan rings is 1. The van der Waals surface area contributed by atoms with E-state index in [9.17, 15) is 0 Å². The van der Waals surface area contributed by atoms with Gasteiger partial charge in [0.25, 0.3) is 0 Å². The fourth-order valence-corrected chi connectivity index (χ4v) is 6.54. The number of hydrogen-bond donors (Lipinski definition) is 0. The smallest absolute Gasteiger partial charge is 0.142 e. The third-order valence-electron chi connectivity index (χ3n) is 8.98. The van der Waals surface area contributed by atoms with Crippen LogP contribution in [0.25, 0.3) is 33.6 Å². The number of allylic oxidation sites excluding steroid dienone is 2. The van der Waals surface area contributed by atoms with Crippen molar-refractivity contribution >= 4 is 0 Å².